The highest BCUT2D eigenvalue weighted by molar-refractivity contribution is 5.96. The number of hydrogen-bond donors (Lipinski definition) is 5. The summed E-state index contributed by atoms with van der Waals surface area (Å²) in [6, 6.07) is 22.4. The molecule has 11 atom stereocenters. The maximum atomic E-state index is 16.0. The van der Waals surface area contributed by atoms with E-state index in [2.05, 4.69) is 10.6 Å². The van der Waals surface area contributed by atoms with Crippen molar-refractivity contribution in [3.05, 3.63) is 119 Å². The summed E-state index contributed by atoms with van der Waals surface area (Å²) >= 11 is 0. The number of ether oxygens (including phenoxy) is 6. The SMILES string of the molecule is CC(=O)O[C@H]1C(=O)[C@]2(C)[C@@H](OC(=O)NCC(=O)O)C[C@H]3OC[C@@]3(OC(C)=O)[C@H]2[C@H](OC(=O)c2ccccc2)[C@]2(O)C[C@H](OC(=O)[C@H](O)[C@@H](NC(=O)c3ccccc3)c3ccccc3)C(C)=C1C2(C)C. The van der Waals surface area contributed by atoms with Gasteiger partial charge in [0.05, 0.1) is 29.5 Å². The first-order valence-electron chi connectivity index (χ1n) is 22.2. The van der Waals surface area contributed by atoms with E-state index in [0.29, 0.717) is 5.56 Å². The Labute approximate surface area is 396 Å². The molecule has 19 heteroatoms. The lowest BCUT2D eigenvalue weighted by atomic mass is 9.44. The van der Waals surface area contributed by atoms with E-state index in [0.717, 1.165) is 13.8 Å². The van der Waals surface area contributed by atoms with Crippen molar-refractivity contribution < 1.29 is 82.1 Å². The van der Waals surface area contributed by atoms with Crippen LogP contribution < -0.4 is 10.6 Å². The lowest BCUT2D eigenvalue weighted by Gasteiger charge is -2.67. The predicted octanol–water partition coefficient (Wildman–Crippen LogP) is 3.55. The van der Waals surface area contributed by atoms with Gasteiger partial charge in [0.1, 0.15) is 36.6 Å². The molecule has 3 aromatic carbocycles. The Bertz CT molecular complexity index is 2550. The number of amides is 2. The van der Waals surface area contributed by atoms with Gasteiger partial charge in [-0.15, -0.1) is 0 Å². The van der Waals surface area contributed by atoms with Crippen molar-refractivity contribution in [1.29, 1.82) is 0 Å². The van der Waals surface area contributed by atoms with Gasteiger partial charge in [0.2, 0.25) is 0 Å². The van der Waals surface area contributed by atoms with Gasteiger partial charge in [-0.3, -0.25) is 24.0 Å². The number of fused-ring (bicyclic) bond motifs is 5. The largest absolute Gasteiger partial charge is 0.480 e. The number of aliphatic hydroxyl groups excluding tert-OH is 1. The number of aliphatic carboxylic acids is 1. The van der Waals surface area contributed by atoms with Crippen molar-refractivity contribution in [2.24, 2.45) is 16.7 Å². The third kappa shape index (κ3) is 9.08. The average Bonchev–Trinajstić information content (AvgIpc) is 3.30. The molecule has 0 unspecified atom stereocenters. The van der Waals surface area contributed by atoms with Crippen LogP contribution in [0.3, 0.4) is 0 Å². The number of nitrogens with one attached hydrogen (secondary N) is 2. The fourth-order valence-corrected chi connectivity index (χ4v) is 10.7. The molecule has 4 aliphatic rings. The first kappa shape index (κ1) is 49.9. The number of rotatable bonds is 13. The molecule has 69 heavy (non-hydrogen) atoms. The number of carbonyl (C=O) groups excluding carboxylic acids is 7. The Balaban J connectivity index is 1.42. The highest BCUT2D eigenvalue weighted by Gasteiger charge is 2.79. The molecule has 366 valence electrons. The van der Waals surface area contributed by atoms with Crippen LogP contribution in [0.4, 0.5) is 4.79 Å². The number of benzene rings is 3. The third-order valence-electron chi connectivity index (χ3n) is 14.1. The van der Waals surface area contributed by atoms with Gasteiger partial charge in [-0.2, -0.15) is 0 Å². The highest BCUT2D eigenvalue weighted by atomic mass is 16.6. The Kier molecular flexibility index (Phi) is 13.9. The van der Waals surface area contributed by atoms with Crippen LogP contribution in [0.25, 0.3) is 0 Å². The zero-order valence-electron chi connectivity index (χ0n) is 38.7. The lowest BCUT2D eigenvalue weighted by molar-refractivity contribution is -0.345. The molecule has 1 heterocycles. The van der Waals surface area contributed by atoms with Crippen LogP contribution in [0.1, 0.15) is 86.7 Å². The fraction of sp³-hybridized carbons (Fsp3) is 0.440. The van der Waals surface area contributed by atoms with Crippen LogP contribution in [0, 0.1) is 16.7 Å². The number of ketones is 1. The number of aliphatic hydroxyl groups is 2. The van der Waals surface area contributed by atoms with Crippen LogP contribution in [-0.2, 0) is 52.4 Å². The molecule has 19 nitrogen and oxygen atoms in total. The van der Waals surface area contributed by atoms with Crippen molar-refractivity contribution >= 4 is 47.6 Å². The van der Waals surface area contributed by atoms with Crippen LogP contribution in [-0.4, -0.2) is 124 Å². The molecule has 0 radical (unpaired) electrons. The van der Waals surface area contributed by atoms with Crippen molar-refractivity contribution in [3.8, 4) is 0 Å². The van der Waals surface area contributed by atoms with Crippen molar-refractivity contribution in [2.45, 2.75) is 108 Å². The van der Waals surface area contributed by atoms with Gasteiger partial charge in [0, 0.05) is 37.7 Å². The third-order valence-corrected chi connectivity index (χ3v) is 14.1. The van der Waals surface area contributed by atoms with Crippen molar-refractivity contribution in [3.63, 3.8) is 0 Å². The number of alkyl carbamates (subject to hydrolysis) is 1. The highest BCUT2D eigenvalue weighted by Crippen LogP contribution is 2.65. The number of carboxylic acids is 1. The number of carbonyl (C=O) groups is 8. The van der Waals surface area contributed by atoms with Gasteiger partial charge in [0.25, 0.3) is 5.91 Å². The maximum Gasteiger partial charge on any atom is 0.407 e. The summed E-state index contributed by atoms with van der Waals surface area (Å²) in [5.74, 6) is -8.94. The minimum atomic E-state index is -2.53. The molecule has 3 aliphatic carbocycles. The molecule has 2 saturated carbocycles. The zero-order valence-corrected chi connectivity index (χ0v) is 38.7. The van der Waals surface area contributed by atoms with E-state index in [1.165, 1.54) is 52.0 Å². The number of carboxylic acid groups (broad SMARTS) is 1. The minimum Gasteiger partial charge on any atom is -0.480 e. The molecule has 0 aromatic heterocycles. The molecule has 3 fully saturated rings. The molecule has 2 bridgehead atoms. The summed E-state index contributed by atoms with van der Waals surface area (Å²) in [4.78, 5) is 110. The molecule has 2 amide bonds. The topological polar surface area (TPSA) is 277 Å². The summed E-state index contributed by atoms with van der Waals surface area (Å²) < 4.78 is 36.4. The normalized spacial score (nSPS) is 29.6. The predicted molar refractivity (Wildman–Crippen MR) is 238 cm³/mol. The van der Waals surface area contributed by atoms with E-state index in [1.807, 2.05) is 0 Å². The van der Waals surface area contributed by atoms with Crippen LogP contribution in [0.5, 0.6) is 0 Å². The molecule has 1 aliphatic heterocycles. The van der Waals surface area contributed by atoms with Crippen LogP contribution in [0.2, 0.25) is 0 Å². The first-order chi connectivity index (χ1) is 32.6. The van der Waals surface area contributed by atoms with Gasteiger partial charge < -0.3 is 54.4 Å². The van der Waals surface area contributed by atoms with Gasteiger partial charge >= 0.3 is 35.9 Å². The van der Waals surface area contributed by atoms with Crippen LogP contribution in [0.15, 0.2) is 102 Å². The van der Waals surface area contributed by atoms with E-state index < -0.39 is 138 Å². The molecule has 1 saturated heterocycles. The summed E-state index contributed by atoms with van der Waals surface area (Å²) in [5.41, 5.74) is -8.01. The fourth-order valence-electron chi connectivity index (χ4n) is 10.7. The molecule has 0 spiro atoms. The Morgan fingerprint density at radius 3 is 1.96 bits per heavy atom. The Morgan fingerprint density at radius 1 is 0.812 bits per heavy atom. The zero-order chi connectivity index (χ0) is 50.2. The first-order valence-corrected chi connectivity index (χ1v) is 22.2. The van der Waals surface area contributed by atoms with Crippen molar-refractivity contribution in [1.82, 2.24) is 10.6 Å². The molecular weight excluding hydrogens is 901 g/mol. The second-order valence-corrected chi connectivity index (χ2v) is 18.5. The average molecular weight is 955 g/mol. The van der Waals surface area contributed by atoms with Gasteiger partial charge in [-0.25, -0.2) is 14.4 Å². The van der Waals surface area contributed by atoms with E-state index in [4.69, 9.17) is 28.4 Å². The molecule has 3 aromatic rings. The molecule has 5 N–H and O–H groups in total. The summed E-state index contributed by atoms with van der Waals surface area (Å²) in [5, 5.41) is 39.9. The van der Waals surface area contributed by atoms with E-state index in [9.17, 15) is 48.9 Å². The summed E-state index contributed by atoms with van der Waals surface area (Å²) in [6.07, 6.45) is -12.8. The minimum absolute atomic E-state index is 0.00949. The van der Waals surface area contributed by atoms with E-state index in [1.54, 1.807) is 66.7 Å². The van der Waals surface area contributed by atoms with E-state index >= 15 is 4.79 Å². The van der Waals surface area contributed by atoms with Gasteiger partial charge in [-0.05, 0) is 54.8 Å². The smallest absolute Gasteiger partial charge is 0.407 e. The monoisotopic (exact) mass is 954 g/mol. The molecule has 7 rings (SSSR count). The number of esters is 4. The standard InChI is InChI=1S/C50H54N2O17/c1-26-32(66-45(61)38(57)37(29-16-10-7-11-17-29)52-43(59)30-18-12-8-13-19-30)23-50(63)42(68-44(60)31-20-14-9-15-21-31)40-48(6,41(58)39(65-27(2)53)36(26)47(50,4)5)33(67-46(62)51-24-35(55)56)22-34-49(40,25-64-34)69-28(3)54/h7-21,32-34,37-40,42,57,63H,22-25H2,1-6H3,(H,51,62)(H,52,59)(H,55,56)/t32-,33-,34+,37-,38+,39+,40-,42-,48+,49-,50+/m0/s1. The van der Waals surface area contributed by atoms with Crippen molar-refractivity contribution in [2.75, 3.05) is 13.2 Å². The van der Waals surface area contributed by atoms with E-state index in [-0.39, 0.29) is 28.7 Å². The number of hydrogen-bond acceptors (Lipinski definition) is 16. The quantitative estimate of drug-likeness (QED) is 0.0931. The number of Topliss-reactive ketones (excluding diaryl/α,β-unsaturated/α-hetero) is 1. The lowest BCUT2D eigenvalue weighted by Crippen LogP contribution is -2.82. The molecular formula is C50H54N2O17. The second-order valence-electron chi connectivity index (χ2n) is 18.5. The van der Waals surface area contributed by atoms with Gasteiger partial charge in [0.15, 0.2) is 23.6 Å². The van der Waals surface area contributed by atoms with Gasteiger partial charge in [-0.1, -0.05) is 80.6 Å². The van der Waals surface area contributed by atoms with Crippen LogP contribution >= 0.6 is 0 Å². The summed E-state index contributed by atoms with van der Waals surface area (Å²) in [7, 11) is 0. The Hall–Kier alpha value is -6.96. The summed E-state index contributed by atoms with van der Waals surface area (Å²) in [6.45, 7) is 6.60. The Morgan fingerprint density at radius 2 is 1.41 bits per heavy atom. The maximum absolute atomic E-state index is 16.0. The second kappa shape index (κ2) is 19.2.